The third kappa shape index (κ3) is 5.13. The van der Waals surface area contributed by atoms with E-state index in [-0.39, 0.29) is 24.8 Å². The van der Waals surface area contributed by atoms with Gasteiger partial charge < -0.3 is 17.7 Å². The van der Waals surface area contributed by atoms with E-state index in [1.54, 1.807) is 0 Å². The molecule has 0 saturated carbocycles. The third-order valence-electron chi connectivity index (χ3n) is 1.76. The Kier molecular flexibility index (Phi) is 9.79. The van der Waals surface area contributed by atoms with Crippen LogP contribution in [-0.2, 0) is 13.5 Å². The SMILES string of the molecule is CCNCCc1[nH]cc[n+]1C.Cl.[Cl-]. The Bertz CT molecular complexity index is 213. The highest BCUT2D eigenvalue weighted by Crippen LogP contribution is 1.84. The van der Waals surface area contributed by atoms with Crippen molar-refractivity contribution in [1.29, 1.82) is 0 Å². The van der Waals surface area contributed by atoms with Crippen LogP contribution in [-0.4, -0.2) is 18.1 Å². The Morgan fingerprint density at radius 2 is 2.23 bits per heavy atom. The Hall–Kier alpha value is -0.250. The van der Waals surface area contributed by atoms with Crippen molar-refractivity contribution in [3.8, 4) is 0 Å². The fourth-order valence-electron chi connectivity index (χ4n) is 1.07. The predicted octanol–water partition coefficient (Wildman–Crippen LogP) is -2.58. The van der Waals surface area contributed by atoms with E-state index in [0.717, 1.165) is 19.5 Å². The maximum Gasteiger partial charge on any atom is 0.255 e. The number of aromatic amines is 1. The van der Waals surface area contributed by atoms with E-state index in [2.05, 4.69) is 28.8 Å². The minimum Gasteiger partial charge on any atom is -1.00 e. The molecule has 0 atom stereocenters. The molecular formula is C8H17Cl2N3. The van der Waals surface area contributed by atoms with Crippen LogP contribution in [0.2, 0.25) is 0 Å². The Labute approximate surface area is 91.8 Å². The summed E-state index contributed by atoms with van der Waals surface area (Å²) in [5, 5.41) is 3.28. The van der Waals surface area contributed by atoms with Gasteiger partial charge in [0.2, 0.25) is 0 Å². The van der Waals surface area contributed by atoms with Gasteiger partial charge in [-0.15, -0.1) is 12.4 Å². The summed E-state index contributed by atoms with van der Waals surface area (Å²) >= 11 is 0. The number of rotatable bonds is 4. The molecule has 0 amide bonds. The molecule has 0 unspecified atom stereocenters. The highest BCUT2D eigenvalue weighted by Gasteiger charge is 2.03. The number of hydrogen-bond acceptors (Lipinski definition) is 1. The van der Waals surface area contributed by atoms with Gasteiger partial charge >= 0.3 is 0 Å². The summed E-state index contributed by atoms with van der Waals surface area (Å²) < 4.78 is 2.11. The topological polar surface area (TPSA) is 31.7 Å². The first kappa shape index (κ1) is 15.2. The van der Waals surface area contributed by atoms with E-state index in [1.807, 2.05) is 12.4 Å². The van der Waals surface area contributed by atoms with E-state index in [4.69, 9.17) is 0 Å². The molecule has 0 bridgehead atoms. The average molecular weight is 226 g/mol. The molecular weight excluding hydrogens is 209 g/mol. The van der Waals surface area contributed by atoms with Crippen LogP contribution < -0.4 is 22.3 Å². The highest BCUT2D eigenvalue weighted by atomic mass is 35.5. The summed E-state index contributed by atoms with van der Waals surface area (Å²) in [6.45, 7) is 4.21. The number of nitrogens with zero attached hydrogens (tertiary/aromatic N) is 1. The van der Waals surface area contributed by atoms with Gasteiger partial charge in [0, 0.05) is 6.54 Å². The first-order chi connectivity index (χ1) is 5.34. The van der Waals surface area contributed by atoms with Crippen molar-refractivity contribution < 1.29 is 17.0 Å². The zero-order chi connectivity index (χ0) is 8.10. The van der Waals surface area contributed by atoms with Crippen molar-refractivity contribution in [2.45, 2.75) is 13.3 Å². The number of aryl methyl sites for hydroxylation is 1. The van der Waals surface area contributed by atoms with Crippen LogP contribution in [0.15, 0.2) is 12.4 Å². The molecule has 0 radical (unpaired) electrons. The standard InChI is InChI=1S/C8H15N3.2ClH/c1-3-9-5-4-8-10-6-7-11(8)2;;/h6-7,9H,3-5H2,1-2H3;2*1H. The fourth-order valence-corrected chi connectivity index (χ4v) is 1.07. The largest absolute Gasteiger partial charge is 1.00 e. The molecule has 0 saturated heterocycles. The number of nitrogens with one attached hydrogen (secondary N) is 2. The third-order valence-corrected chi connectivity index (χ3v) is 1.76. The summed E-state index contributed by atoms with van der Waals surface area (Å²) in [6, 6.07) is 0. The molecule has 0 aliphatic heterocycles. The van der Waals surface area contributed by atoms with Gasteiger partial charge in [-0.25, -0.2) is 9.55 Å². The van der Waals surface area contributed by atoms with Crippen LogP contribution in [0, 0.1) is 0 Å². The Balaban J connectivity index is 0. The van der Waals surface area contributed by atoms with Gasteiger partial charge in [-0.1, -0.05) is 6.92 Å². The molecule has 2 N–H and O–H groups in total. The number of aromatic nitrogens is 2. The molecule has 0 aliphatic carbocycles. The maximum absolute atomic E-state index is 3.28. The van der Waals surface area contributed by atoms with Crippen molar-refractivity contribution >= 4 is 12.4 Å². The van der Waals surface area contributed by atoms with Crippen LogP contribution in [0.4, 0.5) is 0 Å². The van der Waals surface area contributed by atoms with E-state index in [9.17, 15) is 0 Å². The van der Waals surface area contributed by atoms with E-state index >= 15 is 0 Å². The lowest BCUT2D eigenvalue weighted by atomic mass is 10.4. The van der Waals surface area contributed by atoms with Gasteiger partial charge in [-0.3, -0.25) is 0 Å². The molecule has 1 heterocycles. The monoisotopic (exact) mass is 225 g/mol. The number of likely N-dealkylation sites (N-methyl/N-ethyl adjacent to an activating group) is 1. The van der Waals surface area contributed by atoms with Crippen LogP contribution in [0.3, 0.4) is 0 Å². The normalized spacial score (nSPS) is 8.77. The zero-order valence-corrected chi connectivity index (χ0v) is 9.58. The summed E-state index contributed by atoms with van der Waals surface area (Å²) in [4.78, 5) is 3.19. The number of imidazole rings is 1. The second-order valence-electron chi connectivity index (χ2n) is 2.62. The van der Waals surface area contributed by atoms with Crippen LogP contribution in [0.25, 0.3) is 0 Å². The smallest absolute Gasteiger partial charge is 0.255 e. The van der Waals surface area contributed by atoms with Crippen molar-refractivity contribution in [3.05, 3.63) is 18.2 Å². The molecule has 0 aliphatic rings. The molecule has 0 spiro atoms. The fraction of sp³-hybridized carbons (Fsp3) is 0.625. The lowest BCUT2D eigenvalue weighted by molar-refractivity contribution is -0.677. The van der Waals surface area contributed by atoms with Crippen molar-refractivity contribution in [3.63, 3.8) is 0 Å². The minimum absolute atomic E-state index is 0. The second-order valence-corrected chi connectivity index (χ2v) is 2.62. The zero-order valence-electron chi connectivity index (χ0n) is 8.01. The summed E-state index contributed by atoms with van der Waals surface area (Å²) in [5.41, 5.74) is 0. The highest BCUT2D eigenvalue weighted by molar-refractivity contribution is 5.85. The molecule has 1 aromatic rings. The van der Waals surface area contributed by atoms with Crippen LogP contribution in [0.1, 0.15) is 12.7 Å². The first-order valence-electron chi connectivity index (χ1n) is 4.07. The Morgan fingerprint density at radius 3 is 2.69 bits per heavy atom. The summed E-state index contributed by atoms with van der Waals surface area (Å²) in [6.07, 6.45) is 5.06. The van der Waals surface area contributed by atoms with Crippen molar-refractivity contribution in [1.82, 2.24) is 10.3 Å². The quantitative estimate of drug-likeness (QED) is 0.429. The van der Waals surface area contributed by atoms with E-state index in [1.165, 1.54) is 5.82 Å². The second kappa shape index (κ2) is 8.35. The van der Waals surface area contributed by atoms with Gasteiger partial charge in [-0.05, 0) is 6.54 Å². The number of H-pyrrole nitrogens is 1. The van der Waals surface area contributed by atoms with Gasteiger partial charge in [-0.2, -0.15) is 0 Å². The average Bonchev–Trinajstić information content (AvgIpc) is 2.37. The molecule has 13 heavy (non-hydrogen) atoms. The first-order valence-corrected chi connectivity index (χ1v) is 4.07. The summed E-state index contributed by atoms with van der Waals surface area (Å²) in [5.74, 6) is 1.27. The van der Waals surface area contributed by atoms with Crippen molar-refractivity contribution in [2.75, 3.05) is 13.1 Å². The molecule has 1 rings (SSSR count). The molecule has 78 valence electrons. The lowest BCUT2D eigenvalue weighted by Crippen LogP contribution is -3.00. The maximum atomic E-state index is 3.28. The van der Waals surface area contributed by atoms with E-state index < -0.39 is 0 Å². The number of halogens is 2. The van der Waals surface area contributed by atoms with Crippen LogP contribution >= 0.6 is 12.4 Å². The molecule has 0 fully saturated rings. The van der Waals surface area contributed by atoms with Gasteiger partial charge in [0.1, 0.15) is 12.4 Å². The lowest BCUT2D eigenvalue weighted by Gasteiger charge is -1.96. The molecule has 3 nitrogen and oxygen atoms in total. The summed E-state index contributed by atoms with van der Waals surface area (Å²) in [7, 11) is 2.05. The minimum atomic E-state index is 0. The molecule has 5 heteroatoms. The van der Waals surface area contributed by atoms with Gasteiger partial charge in [0.25, 0.3) is 5.82 Å². The van der Waals surface area contributed by atoms with E-state index in [0.29, 0.717) is 0 Å². The van der Waals surface area contributed by atoms with Crippen LogP contribution in [0.5, 0.6) is 0 Å². The number of hydrogen-bond donors (Lipinski definition) is 2. The van der Waals surface area contributed by atoms with Gasteiger partial charge in [0.15, 0.2) is 0 Å². The van der Waals surface area contributed by atoms with Crippen molar-refractivity contribution in [2.24, 2.45) is 7.05 Å². The molecule has 1 aromatic heterocycles. The predicted molar refractivity (Wildman–Crippen MR) is 51.5 cm³/mol. The molecule has 0 aromatic carbocycles. The van der Waals surface area contributed by atoms with Gasteiger partial charge in [0.05, 0.1) is 13.5 Å². The Morgan fingerprint density at radius 1 is 1.54 bits per heavy atom.